The Kier molecular flexibility index (Phi) is 5.85. The van der Waals surface area contributed by atoms with Gasteiger partial charge in [0.15, 0.2) is 0 Å². The Morgan fingerprint density at radius 2 is 1.70 bits per heavy atom. The van der Waals surface area contributed by atoms with Crippen LogP contribution in [0, 0.1) is 0 Å². The third kappa shape index (κ3) is 4.33. The summed E-state index contributed by atoms with van der Waals surface area (Å²) < 4.78 is 4.76. The predicted molar refractivity (Wildman–Crippen MR) is 108 cm³/mol. The molecule has 0 aromatic heterocycles. The van der Waals surface area contributed by atoms with E-state index in [4.69, 9.17) is 16.3 Å². The number of nitrogens with one attached hydrogen (secondary N) is 1. The molecule has 0 unspecified atom stereocenters. The van der Waals surface area contributed by atoms with Gasteiger partial charge in [0, 0.05) is 10.6 Å². The first-order valence-electron chi connectivity index (χ1n) is 9.23. The molecule has 27 heavy (non-hydrogen) atoms. The van der Waals surface area contributed by atoms with Gasteiger partial charge in [0.05, 0.1) is 18.4 Å². The highest BCUT2D eigenvalue weighted by atomic mass is 35.5. The number of carbonyl (C=O) groups excluding carboxylic acids is 2. The molecule has 0 radical (unpaired) electrons. The molecule has 5 heteroatoms. The van der Waals surface area contributed by atoms with E-state index in [-0.39, 0.29) is 16.9 Å². The van der Waals surface area contributed by atoms with Gasteiger partial charge < -0.3 is 10.1 Å². The quantitative estimate of drug-likeness (QED) is 0.697. The number of benzene rings is 2. The highest BCUT2D eigenvalue weighted by molar-refractivity contribution is 6.31. The minimum atomic E-state index is -0.548. The first-order chi connectivity index (χ1) is 12.9. The second-order valence-corrected chi connectivity index (χ2v) is 7.77. The van der Waals surface area contributed by atoms with E-state index in [0.29, 0.717) is 16.3 Å². The van der Waals surface area contributed by atoms with E-state index in [1.165, 1.54) is 50.8 Å². The second kappa shape index (κ2) is 8.13. The van der Waals surface area contributed by atoms with Crippen molar-refractivity contribution in [2.75, 3.05) is 12.4 Å². The summed E-state index contributed by atoms with van der Waals surface area (Å²) in [7, 11) is 1.29. The minimum Gasteiger partial charge on any atom is -0.465 e. The lowest BCUT2D eigenvalue weighted by molar-refractivity contribution is 0.0602. The van der Waals surface area contributed by atoms with Crippen LogP contribution in [0.4, 0.5) is 5.69 Å². The van der Waals surface area contributed by atoms with Gasteiger partial charge in [-0.05, 0) is 54.2 Å². The van der Waals surface area contributed by atoms with Gasteiger partial charge in [0.1, 0.15) is 0 Å². The van der Waals surface area contributed by atoms with Gasteiger partial charge in [-0.25, -0.2) is 4.79 Å². The summed E-state index contributed by atoms with van der Waals surface area (Å²) >= 11 is 5.96. The lowest BCUT2D eigenvalue weighted by Gasteiger charge is -2.34. The highest BCUT2D eigenvalue weighted by Gasteiger charge is 2.28. The summed E-state index contributed by atoms with van der Waals surface area (Å²) in [6, 6.07) is 12.5. The van der Waals surface area contributed by atoms with Crippen molar-refractivity contribution in [1.82, 2.24) is 0 Å². The topological polar surface area (TPSA) is 55.4 Å². The summed E-state index contributed by atoms with van der Waals surface area (Å²) in [5.41, 5.74) is 2.62. The maximum Gasteiger partial charge on any atom is 0.340 e. The zero-order chi connectivity index (χ0) is 19.4. The van der Waals surface area contributed by atoms with Gasteiger partial charge in [0.2, 0.25) is 0 Å². The highest BCUT2D eigenvalue weighted by Crippen LogP contribution is 2.38. The molecule has 2 aromatic rings. The molecule has 1 aliphatic carbocycles. The van der Waals surface area contributed by atoms with Crippen LogP contribution in [0.2, 0.25) is 5.02 Å². The summed E-state index contributed by atoms with van der Waals surface area (Å²) in [6.45, 7) is 2.30. The van der Waals surface area contributed by atoms with Crippen LogP contribution in [0.1, 0.15) is 65.3 Å². The Morgan fingerprint density at radius 3 is 2.33 bits per heavy atom. The van der Waals surface area contributed by atoms with Crippen LogP contribution >= 0.6 is 11.6 Å². The van der Waals surface area contributed by atoms with E-state index in [2.05, 4.69) is 12.2 Å². The molecule has 1 amide bonds. The SMILES string of the molecule is COC(=O)c1cc(Cl)ccc1NC(=O)c1ccc(C2(C)CCCCC2)cc1. The van der Waals surface area contributed by atoms with Crippen LogP contribution < -0.4 is 5.32 Å². The van der Waals surface area contributed by atoms with Gasteiger partial charge in [-0.2, -0.15) is 0 Å². The summed E-state index contributed by atoms with van der Waals surface area (Å²) in [4.78, 5) is 24.6. The molecule has 2 aromatic carbocycles. The maximum atomic E-state index is 12.6. The maximum absolute atomic E-state index is 12.6. The Morgan fingerprint density at radius 1 is 1.04 bits per heavy atom. The van der Waals surface area contributed by atoms with E-state index in [9.17, 15) is 9.59 Å². The molecule has 3 rings (SSSR count). The third-order valence-electron chi connectivity index (χ3n) is 5.44. The number of halogens is 1. The van der Waals surface area contributed by atoms with Crippen molar-refractivity contribution >= 4 is 29.2 Å². The first kappa shape index (κ1) is 19.4. The molecule has 0 bridgehead atoms. The molecule has 1 aliphatic rings. The molecule has 142 valence electrons. The molecule has 0 spiro atoms. The van der Waals surface area contributed by atoms with Gasteiger partial charge in [-0.1, -0.05) is 49.9 Å². The van der Waals surface area contributed by atoms with Crippen LogP contribution in [-0.4, -0.2) is 19.0 Å². The van der Waals surface area contributed by atoms with Crippen molar-refractivity contribution < 1.29 is 14.3 Å². The smallest absolute Gasteiger partial charge is 0.340 e. The van der Waals surface area contributed by atoms with E-state index in [0.717, 1.165) is 0 Å². The first-order valence-corrected chi connectivity index (χ1v) is 9.60. The predicted octanol–water partition coefficient (Wildman–Crippen LogP) is 5.60. The van der Waals surface area contributed by atoms with Gasteiger partial charge in [-0.15, -0.1) is 0 Å². The largest absolute Gasteiger partial charge is 0.465 e. The number of anilines is 1. The standard InChI is InChI=1S/C22H24ClNO3/c1-22(12-4-3-5-13-22)16-8-6-15(7-9-16)20(25)24-19-11-10-17(23)14-18(19)21(26)27-2/h6-11,14H,3-5,12-13H2,1-2H3,(H,24,25). The Hall–Kier alpha value is -2.33. The molecule has 4 nitrogen and oxygen atoms in total. The number of hydrogen-bond acceptors (Lipinski definition) is 3. The second-order valence-electron chi connectivity index (χ2n) is 7.33. The fourth-order valence-electron chi connectivity index (χ4n) is 3.74. The number of amides is 1. The number of esters is 1. The molecule has 1 fully saturated rings. The fourth-order valence-corrected chi connectivity index (χ4v) is 3.92. The van der Waals surface area contributed by atoms with Crippen LogP contribution in [0.15, 0.2) is 42.5 Å². The van der Waals surface area contributed by atoms with Crippen LogP contribution in [0.5, 0.6) is 0 Å². The van der Waals surface area contributed by atoms with E-state index in [1.807, 2.05) is 24.3 Å². The van der Waals surface area contributed by atoms with E-state index in [1.54, 1.807) is 12.1 Å². The van der Waals surface area contributed by atoms with Crippen LogP contribution in [0.3, 0.4) is 0 Å². The van der Waals surface area contributed by atoms with E-state index < -0.39 is 5.97 Å². The van der Waals surface area contributed by atoms with Crippen molar-refractivity contribution in [3.8, 4) is 0 Å². The zero-order valence-electron chi connectivity index (χ0n) is 15.7. The lowest BCUT2D eigenvalue weighted by Crippen LogP contribution is -2.25. The average molecular weight is 386 g/mol. The molecule has 1 N–H and O–H groups in total. The van der Waals surface area contributed by atoms with Crippen molar-refractivity contribution in [3.05, 3.63) is 64.2 Å². The van der Waals surface area contributed by atoms with Gasteiger partial charge in [-0.3, -0.25) is 4.79 Å². The van der Waals surface area contributed by atoms with Gasteiger partial charge >= 0.3 is 5.97 Å². The molecular formula is C22H24ClNO3. The van der Waals surface area contributed by atoms with E-state index >= 15 is 0 Å². The molecule has 0 aliphatic heterocycles. The Balaban J connectivity index is 1.78. The summed E-state index contributed by atoms with van der Waals surface area (Å²) in [6.07, 6.45) is 6.19. The molecule has 0 saturated heterocycles. The average Bonchev–Trinajstić information content (AvgIpc) is 2.69. The third-order valence-corrected chi connectivity index (χ3v) is 5.67. The number of hydrogen-bond donors (Lipinski definition) is 1. The summed E-state index contributed by atoms with van der Waals surface area (Å²) in [5.74, 6) is -0.823. The molecule has 0 atom stereocenters. The monoisotopic (exact) mass is 385 g/mol. The number of carbonyl (C=O) groups is 2. The van der Waals surface area contributed by atoms with Crippen molar-refractivity contribution in [2.24, 2.45) is 0 Å². The Bertz CT molecular complexity index is 839. The lowest BCUT2D eigenvalue weighted by atomic mass is 9.71. The molecular weight excluding hydrogens is 362 g/mol. The minimum absolute atomic E-state index is 0.196. The van der Waals surface area contributed by atoms with Crippen molar-refractivity contribution in [3.63, 3.8) is 0 Å². The fraction of sp³-hybridized carbons (Fsp3) is 0.364. The van der Waals surface area contributed by atoms with Gasteiger partial charge in [0.25, 0.3) is 5.91 Å². The number of rotatable bonds is 4. The zero-order valence-corrected chi connectivity index (χ0v) is 16.4. The van der Waals surface area contributed by atoms with Crippen molar-refractivity contribution in [2.45, 2.75) is 44.4 Å². The number of ether oxygens (including phenoxy) is 1. The Labute approximate surface area is 164 Å². The van der Waals surface area contributed by atoms with Crippen molar-refractivity contribution in [1.29, 1.82) is 0 Å². The molecule has 1 saturated carbocycles. The molecule has 0 heterocycles. The van der Waals surface area contributed by atoms with Crippen LogP contribution in [-0.2, 0) is 10.2 Å². The summed E-state index contributed by atoms with van der Waals surface area (Å²) in [5, 5.41) is 3.18. The van der Waals surface area contributed by atoms with Crippen LogP contribution in [0.25, 0.3) is 0 Å². The normalized spacial score (nSPS) is 15.8. The number of methoxy groups -OCH3 is 1.